The van der Waals surface area contributed by atoms with Gasteiger partial charge in [-0.1, -0.05) is 33.1 Å². The number of nitrogen functional groups attached to an aromatic ring is 1. The third kappa shape index (κ3) is 3.87. The molecule has 0 spiro atoms. The lowest BCUT2D eigenvalue weighted by Gasteiger charge is -2.15. The predicted octanol–water partition coefficient (Wildman–Crippen LogP) is 3.70. The van der Waals surface area contributed by atoms with Gasteiger partial charge in [0.15, 0.2) is 0 Å². The van der Waals surface area contributed by atoms with Crippen LogP contribution in [0.4, 0.5) is 10.7 Å². The fourth-order valence-corrected chi connectivity index (χ4v) is 2.82. The van der Waals surface area contributed by atoms with Gasteiger partial charge >= 0.3 is 0 Å². The van der Waals surface area contributed by atoms with Crippen molar-refractivity contribution in [2.75, 3.05) is 17.6 Å². The molecule has 1 rings (SSSR count). The number of hydrogen-bond donors (Lipinski definition) is 2. The zero-order valence-corrected chi connectivity index (χ0v) is 12.3. The average molecular weight is 276 g/mol. The van der Waals surface area contributed by atoms with Crippen LogP contribution in [0.15, 0.2) is 0 Å². The molecule has 1 aromatic heterocycles. The molecule has 102 valence electrons. The Bertz CT molecular complexity index is 493. The normalized spacial score (nSPS) is 11.6. The molecule has 0 fully saturated rings. The predicted molar refractivity (Wildman–Crippen MR) is 80.0 cm³/mol. The standard InChI is InChI=1S/C14H20N4S/c1-3-5-6-10(4-2)9-18-14-11(7-15)13(17)12(8-16)19-14/h10,18H,3-6,9,17H2,1-2H3. The monoisotopic (exact) mass is 276 g/mol. The summed E-state index contributed by atoms with van der Waals surface area (Å²) in [7, 11) is 0. The van der Waals surface area contributed by atoms with Crippen LogP contribution in [0.2, 0.25) is 0 Å². The molecule has 3 N–H and O–H groups in total. The lowest BCUT2D eigenvalue weighted by Crippen LogP contribution is -2.13. The highest BCUT2D eigenvalue weighted by atomic mass is 32.1. The minimum absolute atomic E-state index is 0.305. The Labute approximate surface area is 118 Å². The number of thiophene rings is 1. The van der Waals surface area contributed by atoms with Crippen LogP contribution >= 0.6 is 11.3 Å². The van der Waals surface area contributed by atoms with E-state index in [1.807, 2.05) is 6.07 Å². The fourth-order valence-electron chi connectivity index (χ4n) is 1.94. The third-order valence-corrected chi connectivity index (χ3v) is 4.32. The number of anilines is 2. The molecule has 0 saturated carbocycles. The molecular weight excluding hydrogens is 256 g/mol. The van der Waals surface area contributed by atoms with E-state index in [0.717, 1.165) is 18.0 Å². The van der Waals surface area contributed by atoms with Gasteiger partial charge in [-0.2, -0.15) is 10.5 Å². The largest absolute Gasteiger partial charge is 0.396 e. The second-order valence-electron chi connectivity index (χ2n) is 4.57. The highest BCUT2D eigenvalue weighted by molar-refractivity contribution is 7.17. The summed E-state index contributed by atoms with van der Waals surface area (Å²) in [5.74, 6) is 0.598. The minimum Gasteiger partial charge on any atom is -0.396 e. The van der Waals surface area contributed by atoms with Gasteiger partial charge in [0.05, 0.1) is 5.69 Å². The Kier molecular flexibility index (Phi) is 6.18. The minimum atomic E-state index is 0.305. The molecule has 0 aliphatic heterocycles. The Morgan fingerprint density at radius 2 is 2.05 bits per heavy atom. The molecule has 5 heteroatoms. The Balaban J connectivity index is 2.72. The maximum Gasteiger partial charge on any atom is 0.131 e. The van der Waals surface area contributed by atoms with E-state index in [1.54, 1.807) is 0 Å². The van der Waals surface area contributed by atoms with Gasteiger partial charge < -0.3 is 11.1 Å². The summed E-state index contributed by atoms with van der Waals surface area (Å²) in [5.41, 5.74) is 6.48. The van der Waals surface area contributed by atoms with Crippen LogP contribution in [-0.4, -0.2) is 6.54 Å². The van der Waals surface area contributed by atoms with Gasteiger partial charge in [0.1, 0.15) is 27.6 Å². The smallest absolute Gasteiger partial charge is 0.131 e. The van der Waals surface area contributed by atoms with Crippen molar-refractivity contribution >= 4 is 22.0 Å². The molecule has 0 amide bonds. The van der Waals surface area contributed by atoms with Crippen molar-refractivity contribution in [1.82, 2.24) is 0 Å². The summed E-state index contributed by atoms with van der Waals surface area (Å²) in [6, 6.07) is 4.10. The van der Waals surface area contributed by atoms with Gasteiger partial charge in [-0.15, -0.1) is 11.3 Å². The number of nitrogens with one attached hydrogen (secondary N) is 1. The van der Waals surface area contributed by atoms with Crippen molar-refractivity contribution in [3.05, 3.63) is 10.4 Å². The fraction of sp³-hybridized carbons (Fsp3) is 0.571. The first-order valence-corrected chi connectivity index (χ1v) is 7.45. The zero-order chi connectivity index (χ0) is 14.3. The first-order valence-electron chi connectivity index (χ1n) is 6.64. The van der Waals surface area contributed by atoms with Crippen LogP contribution in [0.3, 0.4) is 0 Å². The number of unbranched alkanes of at least 4 members (excludes halogenated alkanes) is 1. The molecule has 1 atom stereocenters. The Hall–Kier alpha value is -1.72. The van der Waals surface area contributed by atoms with Crippen LogP contribution in [0.5, 0.6) is 0 Å². The lowest BCUT2D eigenvalue weighted by molar-refractivity contribution is 0.473. The molecule has 0 aliphatic carbocycles. The highest BCUT2D eigenvalue weighted by Crippen LogP contribution is 2.34. The molecule has 0 saturated heterocycles. The van der Waals surface area contributed by atoms with Crippen molar-refractivity contribution in [2.45, 2.75) is 39.5 Å². The molecular formula is C14H20N4S. The van der Waals surface area contributed by atoms with Gasteiger partial charge in [0.25, 0.3) is 0 Å². The Morgan fingerprint density at radius 3 is 2.58 bits per heavy atom. The second kappa shape index (κ2) is 7.66. The molecule has 0 aliphatic rings. The van der Waals surface area contributed by atoms with E-state index in [1.165, 1.54) is 30.6 Å². The summed E-state index contributed by atoms with van der Waals surface area (Å²) in [6.45, 7) is 5.19. The summed E-state index contributed by atoms with van der Waals surface area (Å²) in [4.78, 5) is 0.417. The van der Waals surface area contributed by atoms with E-state index < -0.39 is 0 Å². The highest BCUT2D eigenvalue weighted by Gasteiger charge is 2.16. The molecule has 4 nitrogen and oxygen atoms in total. The quantitative estimate of drug-likeness (QED) is 0.795. The van der Waals surface area contributed by atoms with Gasteiger partial charge in [-0.05, 0) is 12.3 Å². The number of rotatable bonds is 7. The van der Waals surface area contributed by atoms with Crippen molar-refractivity contribution in [3.63, 3.8) is 0 Å². The number of hydrogen-bond acceptors (Lipinski definition) is 5. The molecule has 1 aromatic rings. The zero-order valence-electron chi connectivity index (χ0n) is 11.5. The molecule has 1 heterocycles. The second-order valence-corrected chi connectivity index (χ2v) is 5.59. The first-order chi connectivity index (χ1) is 9.17. The molecule has 19 heavy (non-hydrogen) atoms. The topological polar surface area (TPSA) is 85.6 Å². The first kappa shape index (κ1) is 15.3. The van der Waals surface area contributed by atoms with Crippen LogP contribution in [-0.2, 0) is 0 Å². The van der Waals surface area contributed by atoms with Crippen molar-refractivity contribution in [2.24, 2.45) is 5.92 Å². The van der Waals surface area contributed by atoms with Crippen molar-refractivity contribution < 1.29 is 0 Å². The van der Waals surface area contributed by atoms with E-state index in [-0.39, 0.29) is 0 Å². The van der Waals surface area contributed by atoms with Gasteiger partial charge in [0, 0.05) is 6.54 Å². The molecule has 0 bridgehead atoms. The maximum atomic E-state index is 9.10. The lowest BCUT2D eigenvalue weighted by atomic mass is 9.99. The van der Waals surface area contributed by atoms with E-state index in [9.17, 15) is 0 Å². The van der Waals surface area contributed by atoms with Gasteiger partial charge in [-0.3, -0.25) is 0 Å². The summed E-state index contributed by atoms with van der Waals surface area (Å²) >= 11 is 1.27. The number of nitriles is 2. The van der Waals surface area contributed by atoms with Crippen LogP contribution in [0, 0.1) is 28.6 Å². The molecule has 1 unspecified atom stereocenters. The number of nitrogens with zero attached hydrogens (tertiary/aromatic N) is 2. The van der Waals surface area contributed by atoms with Crippen molar-refractivity contribution in [3.8, 4) is 12.1 Å². The van der Waals surface area contributed by atoms with Crippen LogP contribution < -0.4 is 11.1 Å². The molecule has 0 aromatic carbocycles. The van der Waals surface area contributed by atoms with Crippen LogP contribution in [0.1, 0.15) is 50.0 Å². The van der Waals surface area contributed by atoms with Crippen molar-refractivity contribution in [1.29, 1.82) is 10.5 Å². The summed E-state index contributed by atoms with van der Waals surface area (Å²) in [6.07, 6.45) is 4.72. The van der Waals surface area contributed by atoms with E-state index in [0.29, 0.717) is 22.0 Å². The van der Waals surface area contributed by atoms with E-state index in [4.69, 9.17) is 16.3 Å². The van der Waals surface area contributed by atoms with Crippen LogP contribution in [0.25, 0.3) is 0 Å². The van der Waals surface area contributed by atoms with Gasteiger partial charge in [-0.25, -0.2) is 0 Å². The summed E-state index contributed by atoms with van der Waals surface area (Å²) < 4.78 is 0. The molecule has 0 radical (unpaired) electrons. The summed E-state index contributed by atoms with van der Waals surface area (Å²) in [5, 5.41) is 22.0. The Morgan fingerprint density at radius 1 is 1.32 bits per heavy atom. The average Bonchev–Trinajstić information content (AvgIpc) is 2.74. The van der Waals surface area contributed by atoms with Gasteiger partial charge in [0.2, 0.25) is 0 Å². The SMILES string of the molecule is CCCCC(CC)CNc1sc(C#N)c(N)c1C#N. The maximum absolute atomic E-state index is 9.10. The van der Waals surface area contributed by atoms with E-state index >= 15 is 0 Å². The van der Waals surface area contributed by atoms with E-state index in [2.05, 4.69) is 25.2 Å². The number of nitrogens with two attached hydrogens (primary N) is 1. The third-order valence-electron chi connectivity index (χ3n) is 3.25.